The molecule has 0 bridgehead atoms. The lowest BCUT2D eigenvalue weighted by Crippen LogP contribution is -2.32. The normalized spacial score (nSPS) is 14.8. The van der Waals surface area contributed by atoms with E-state index in [9.17, 15) is 18.9 Å². The van der Waals surface area contributed by atoms with Gasteiger partial charge in [0.15, 0.2) is 0 Å². The first-order chi connectivity index (χ1) is 12.3. The van der Waals surface area contributed by atoms with Crippen molar-refractivity contribution in [1.82, 2.24) is 5.06 Å². The van der Waals surface area contributed by atoms with Gasteiger partial charge in [0.2, 0.25) is 0 Å². The smallest absolute Gasteiger partial charge is 0.433 e. The molecular weight excluding hydrogens is 365 g/mol. The van der Waals surface area contributed by atoms with E-state index in [1.807, 2.05) is 0 Å². The number of hydrogen-bond acceptors (Lipinski definition) is 6. The number of ether oxygens (including phenoxy) is 1. The van der Waals surface area contributed by atoms with Crippen molar-refractivity contribution in [3.8, 4) is 0 Å². The fraction of sp³-hybridized carbons (Fsp3) is 0.812. The van der Waals surface area contributed by atoms with E-state index in [1.165, 1.54) is 0 Å². The van der Waals surface area contributed by atoms with Gasteiger partial charge in [0.1, 0.15) is 0 Å². The predicted molar refractivity (Wildman–Crippen MR) is 92.0 cm³/mol. The molecule has 1 aliphatic rings. The minimum absolute atomic E-state index is 0.0322. The molecule has 1 aliphatic heterocycles. The zero-order chi connectivity index (χ0) is 19.4. The van der Waals surface area contributed by atoms with Crippen molar-refractivity contribution in [2.24, 2.45) is 0 Å². The van der Waals surface area contributed by atoms with Crippen molar-refractivity contribution < 1.29 is 38.3 Å². The predicted octanol–water partition coefficient (Wildman–Crippen LogP) is 2.89. The van der Waals surface area contributed by atoms with Crippen molar-refractivity contribution >= 4 is 25.6 Å². The third kappa shape index (κ3) is 10.5. The van der Waals surface area contributed by atoms with Gasteiger partial charge in [0.25, 0.3) is 11.8 Å². The van der Waals surface area contributed by atoms with Crippen LogP contribution >= 0.6 is 7.60 Å². The monoisotopic (exact) mass is 393 g/mol. The van der Waals surface area contributed by atoms with E-state index in [4.69, 9.17) is 14.5 Å². The highest BCUT2D eigenvalue weighted by atomic mass is 31.2. The molecule has 0 spiro atoms. The van der Waals surface area contributed by atoms with Gasteiger partial charge >= 0.3 is 13.8 Å². The summed E-state index contributed by atoms with van der Waals surface area (Å²) in [5.74, 6) is -1.07. The summed E-state index contributed by atoms with van der Waals surface area (Å²) in [5, 5.41) is 0.461. The lowest BCUT2D eigenvalue weighted by molar-refractivity contribution is -0.177. The second-order valence-electron chi connectivity index (χ2n) is 6.34. The van der Waals surface area contributed by atoms with E-state index in [0.29, 0.717) is 17.9 Å². The Labute approximate surface area is 153 Å². The van der Waals surface area contributed by atoms with Gasteiger partial charge in [-0.15, -0.1) is 0 Å². The Morgan fingerprint density at radius 1 is 0.885 bits per heavy atom. The fourth-order valence-corrected chi connectivity index (χ4v) is 3.21. The van der Waals surface area contributed by atoms with Crippen LogP contribution in [-0.4, -0.2) is 45.6 Å². The number of nitrogens with zero attached hydrogens (tertiary/aromatic N) is 1. The number of carbonyl (C=O) groups excluding carboxylic acids is 3. The van der Waals surface area contributed by atoms with E-state index in [-0.39, 0.29) is 25.6 Å². The van der Waals surface area contributed by atoms with Gasteiger partial charge in [-0.05, 0) is 12.8 Å². The minimum atomic E-state index is -3.85. The summed E-state index contributed by atoms with van der Waals surface area (Å²) in [4.78, 5) is 55.9. The maximum absolute atomic E-state index is 11.4. The van der Waals surface area contributed by atoms with Crippen molar-refractivity contribution in [3.05, 3.63) is 0 Å². The number of carbonyl (C=O) groups is 3. The Bertz CT molecular complexity index is 502. The summed E-state index contributed by atoms with van der Waals surface area (Å²) in [7, 11) is -3.85. The number of imide groups is 1. The molecule has 0 unspecified atom stereocenters. The highest BCUT2D eigenvalue weighted by Crippen LogP contribution is 2.35. The summed E-state index contributed by atoms with van der Waals surface area (Å²) < 4.78 is 15.5. The molecule has 2 amide bonds. The molecule has 150 valence electrons. The SMILES string of the molecule is O=C(OCCCCCCCCCCCP(=O)(O)O)ON1C(=O)CCC1=O. The van der Waals surface area contributed by atoms with E-state index >= 15 is 0 Å². The molecule has 1 saturated heterocycles. The van der Waals surface area contributed by atoms with Crippen LogP contribution in [0.5, 0.6) is 0 Å². The van der Waals surface area contributed by atoms with Gasteiger partial charge in [-0.25, -0.2) is 4.79 Å². The molecule has 2 N–H and O–H groups in total. The van der Waals surface area contributed by atoms with Crippen molar-refractivity contribution in [2.75, 3.05) is 12.8 Å². The van der Waals surface area contributed by atoms with Crippen LogP contribution < -0.4 is 0 Å². The quantitative estimate of drug-likeness (QED) is 0.211. The van der Waals surface area contributed by atoms with Crippen molar-refractivity contribution in [2.45, 2.75) is 70.6 Å². The summed E-state index contributed by atoms with van der Waals surface area (Å²) in [5.41, 5.74) is 0. The molecule has 0 aromatic rings. The maximum atomic E-state index is 11.4. The first kappa shape index (κ1) is 22.6. The van der Waals surface area contributed by atoms with Crippen LogP contribution in [0.3, 0.4) is 0 Å². The molecule has 0 aromatic carbocycles. The standard InChI is InChI=1S/C16H28NO8P/c18-14-10-11-15(19)17(14)25-16(20)24-12-8-6-4-2-1-3-5-7-9-13-26(21,22)23/h1-13H2,(H2,21,22,23). The molecule has 0 aliphatic carbocycles. The lowest BCUT2D eigenvalue weighted by Gasteiger charge is -2.12. The number of rotatable bonds is 13. The number of unbranched alkanes of at least 4 members (excludes halogenated alkanes) is 8. The molecule has 10 heteroatoms. The van der Waals surface area contributed by atoms with Crippen molar-refractivity contribution in [1.29, 1.82) is 0 Å². The number of hydrogen-bond donors (Lipinski definition) is 2. The second-order valence-corrected chi connectivity index (χ2v) is 8.12. The van der Waals surface area contributed by atoms with E-state index < -0.39 is 25.6 Å². The van der Waals surface area contributed by atoms with Gasteiger partial charge in [-0.2, -0.15) is 0 Å². The van der Waals surface area contributed by atoms with Gasteiger partial charge in [0, 0.05) is 19.0 Å². The average Bonchev–Trinajstić information content (AvgIpc) is 2.86. The Hall–Kier alpha value is -1.44. The molecule has 0 atom stereocenters. The number of amides is 2. The highest BCUT2D eigenvalue weighted by Gasteiger charge is 2.33. The van der Waals surface area contributed by atoms with E-state index in [2.05, 4.69) is 4.84 Å². The molecule has 9 nitrogen and oxygen atoms in total. The van der Waals surface area contributed by atoms with E-state index in [0.717, 1.165) is 44.9 Å². The Morgan fingerprint density at radius 3 is 1.85 bits per heavy atom. The molecule has 1 fully saturated rings. The van der Waals surface area contributed by atoms with Crippen LogP contribution in [0.2, 0.25) is 0 Å². The fourth-order valence-electron chi connectivity index (χ4n) is 2.57. The van der Waals surface area contributed by atoms with Crippen LogP contribution in [0, 0.1) is 0 Å². The summed E-state index contributed by atoms with van der Waals surface area (Å²) in [6, 6.07) is 0. The van der Waals surface area contributed by atoms with Gasteiger partial charge in [-0.1, -0.05) is 50.0 Å². The largest absolute Gasteiger partial charge is 0.533 e. The summed E-state index contributed by atoms with van der Waals surface area (Å²) in [6.07, 6.45) is 7.15. The average molecular weight is 393 g/mol. The second kappa shape index (κ2) is 12.0. The van der Waals surface area contributed by atoms with Crippen LogP contribution in [0.15, 0.2) is 0 Å². The highest BCUT2D eigenvalue weighted by molar-refractivity contribution is 7.51. The Kier molecular flexibility index (Phi) is 10.5. The zero-order valence-corrected chi connectivity index (χ0v) is 15.8. The van der Waals surface area contributed by atoms with Gasteiger partial charge in [-0.3, -0.25) is 19.0 Å². The third-order valence-corrected chi connectivity index (χ3v) is 4.88. The van der Waals surface area contributed by atoms with Crippen LogP contribution in [0.4, 0.5) is 4.79 Å². The van der Waals surface area contributed by atoms with Gasteiger partial charge in [0.05, 0.1) is 6.61 Å². The summed E-state index contributed by atoms with van der Waals surface area (Å²) in [6.45, 7) is 0.178. The Morgan fingerprint density at radius 2 is 1.35 bits per heavy atom. The van der Waals surface area contributed by atoms with Crippen LogP contribution in [0.25, 0.3) is 0 Å². The summed E-state index contributed by atoms with van der Waals surface area (Å²) >= 11 is 0. The Balaban J connectivity index is 1.87. The first-order valence-corrected chi connectivity index (χ1v) is 10.8. The van der Waals surface area contributed by atoms with Crippen LogP contribution in [-0.2, 0) is 23.7 Å². The first-order valence-electron chi connectivity index (χ1n) is 9.04. The lowest BCUT2D eigenvalue weighted by atomic mass is 10.1. The van der Waals surface area contributed by atoms with Crippen LogP contribution in [0.1, 0.15) is 70.6 Å². The molecule has 1 heterocycles. The third-order valence-electron chi connectivity index (χ3n) is 3.99. The molecule has 0 aromatic heterocycles. The number of hydroxylamine groups is 2. The van der Waals surface area contributed by atoms with Gasteiger partial charge < -0.3 is 14.5 Å². The molecule has 0 saturated carbocycles. The molecule has 0 radical (unpaired) electrons. The minimum Gasteiger partial charge on any atom is -0.433 e. The van der Waals surface area contributed by atoms with Crippen molar-refractivity contribution in [3.63, 3.8) is 0 Å². The zero-order valence-electron chi connectivity index (χ0n) is 14.9. The molecular formula is C16H28NO8P. The van der Waals surface area contributed by atoms with E-state index in [1.54, 1.807) is 0 Å². The molecule has 26 heavy (non-hydrogen) atoms. The maximum Gasteiger partial charge on any atom is 0.533 e. The topological polar surface area (TPSA) is 130 Å². The molecule has 1 rings (SSSR count).